The summed E-state index contributed by atoms with van der Waals surface area (Å²) in [6.45, 7) is 1.60. The molecule has 1 aliphatic rings. The molecule has 0 bridgehead atoms. The summed E-state index contributed by atoms with van der Waals surface area (Å²) in [7, 11) is 0. The Morgan fingerprint density at radius 3 is 2.95 bits per heavy atom. The third kappa shape index (κ3) is 2.57. The van der Waals surface area contributed by atoms with Crippen molar-refractivity contribution in [3.8, 4) is 0 Å². The molecule has 0 saturated carbocycles. The van der Waals surface area contributed by atoms with Crippen LogP contribution in [0.3, 0.4) is 0 Å². The zero-order chi connectivity index (χ0) is 13.2. The largest absolute Gasteiger partial charge is 0.365 e. The van der Waals surface area contributed by atoms with Crippen LogP contribution in [0.15, 0.2) is 42.6 Å². The van der Waals surface area contributed by atoms with E-state index in [-0.39, 0.29) is 6.04 Å². The Labute approximate surface area is 118 Å². The highest BCUT2D eigenvalue weighted by molar-refractivity contribution is 6.30. The van der Waals surface area contributed by atoms with Gasteiger partial charge in [0, 0.05) is 36.6 Å². The van der Waals surface area contributed by atoms with Crippen molar-refractivity contribution in [2.45, 2.75) is 19.0 Å². The second-order valence-corrected chi connectivity index (χ2v) is 5.28. The lowest BCUT2D eigenvalue weighted by atomic mass is 9.98. The van der Waals surface area contributed by atoms with Gasteiger partial charge in [0.05, 0.1) is 0 Å². The normalized spacial score (nSPS) is 18.2. The first-order valence-corrected chi connectivity index (χ1v) is 6.79. The van der Waals surface area contributed by atoms with E-state index in [1.807, 2.05) is 12.1 Å². The fraction of sp³-hybridized carbons (Fsp3) is 0.267. The molecule has 2 heterocycles. The molecule has 2 N–H and O–H groups in total. The molecule has 1 unspecified atom stereocenters. The molecule has 1 atom stereocenters. The maximum Gasteiger partial charge on any atom is 0.133 e. The van der Waals surface area contributed by atoms with E-state index in [4.69, 9.17) is 17.3 Å². The molecule has 1 aromatic heterocycles. The van der Waals surface area contributed by atoms with Crippen LogP contribution >= 0.6 is 11.6 Å². The van der Waals surface area contributed by atoms with E-state index in [0.29, 0.717) is 5.15 Å². The van der Waals surface area contributed by atoms with Gasteiger partial charge in [-0.25, -0.2) is 4.98 Å². The topological polar surface area (TPSA) is 42.1 Å². The Bertz CT molecular complexity index is 585. The average Bonchev–Trinajstić information content (AvgIpc) is 2.41. The van der Waals surface area contributed by atoms with Crippen molar-refractivity contribution in [3.63, 3.8) is 0 Å². The van der Waals surface area contributed by atoms with Gasteiger partial charge in [0.1, 0.15) is 5.15 Å². The number of pyridine rings is 1. The number of rotatable bonds is 2. The zero-order valence-corrected chi connectivity index (χ0v) is 11.3. The van der Waals surface area contributed by atoms with Crippen molar-refractivity contribution >= 4 is 17.3 Å². The van der Waals surface area contributed by atoms with Crippen molar-refractivity contribution in [1.29, 1.82) is 0 Å². The molecule has 0 radical (unpaired) electrons. The van der Waals surface area contributed by atoms with Gasteiger partial charge in [-0.15, -0.1) is 0 Å². The fourth-order valence-electron chi connectivity index (χ4n) is 2.61. The van der Waals surface area contributed by atoms with Crippen molar-refractivity contribution in [1.82, 2.24) is 4.98 Å². The maximum atomic E-state index is 6.14. The summed E-state index contributed by atoms with van der Waals surface area (Å²) in [5.41, 5.74) is 9.74. The van der Waals surface area contributed by atoms with Gasteiger partial charge in [-0.2, -0.15) is 0 Å². The van der Waals surface area contributed by atoms with Crippen molar-refractivity contribution in [2.75, 3.05) is 11.4 Å². The second-order valence-electron chi connectivity index (χ2n) is 4.93. The third-order valence-electron chi connectivity index (χ3n) is 3.47. The van der Waals surface area contributed by atoms with E-state index < -0.39 is 0 Å². The van der Waals surface area contributed by atoms with Gasteiger partial charge < -0.3 is 10.6 Å². The number of nitrogens with two attached hydrogens (primary N) is 1. The summed E-state index contributed by atoms with van der Waals surface area (Å²) >= 11 is 6.14. The number of anilines is 1. The first-order valence-electron chi connectivity index (χ1n) is 6.42. The lowest BCUT2D eigenvalue weighted by Crippen LogP contribution is -2.42. The van der Waals surface area contributed by atoms with Crippen molar-refractivity contribution < 1.29 is 0 Å². The van der Waals surface area contributed by atoms with Crippen LogP contribution in [0.2, 0.25) is 5.15 Å². The summed E-state index contributed by atoms with van der Waals surface area (Å²) in [4.78, 5) is 6.41. The number of nitrogens with zero attached hydrogens (tertiary/aromatic N) is 2. The number of aromatic nitrogens is 1. The van der Waals surface area contributed by atoms with E-state index in [1.165, 1.54) is 11.3 Å². The number of benzene rings is 1. The minimum atomic E-state index is 0.172. The molecule has 0 aliphatic carbocycles. The third-order valence-corrected chi connectivity index (χ3v) is 3.81. The van der Waals surface area contributed by atoms with Crippen LogP contribution < -0.4 is 10.6 Å². The molecule has 0 saturated heterocycles. The summed E-state index contributed by atoms with van der Waals surface area (Å²) in [5.74, 6) is 0. The van der Waals surface area contributed by atoms with Gasteiger partial charge in [0.2, 0.25) is 0 Å². The Balaban J connectivity index is 1.91. The molecule has 0 fully saturated rings. The first-order chi connectivity index (χ1) is 9.24. The lowest BCUT2D eigenvalue weighted by Gasteiger charge is -2.34. The summed E-state index contributed by atoms with van der Waals surface area (Å²) in [5, 5.41) is 0.569. The Morgan fingerprint density at radius 1 is 1.26 bits per heavy atom. The van der Waals surface area contributed by atoms with E-state index in [1.54, 1.807) is 6.20 Å². The number of hydrogen-bond donors (Lipinski definition) is 1. The van der Waals surface area contributed by atoms with Gasteiger partial charge in [-0.05, 0) is 24.1 Å². The van der Waals surface area contributed by atoms with Gasteiger partial charge in [0.15, 0.2) is 0 Å². The second kappa shape index (κ2) is 5.19. The van der Waals surface area contributed by atoms with Crippen LogP contribution in [-0.4, -0.2) is 17.6 Å². The molecule has 98 valence electrons. The number of para-hydroxylation sites is 1. The van der Waals surface area contributed by atoms with E-state index in [2.05, 4.69) is 34.1 Å². The molecule has 0 spiro atoms. The van der Waals surface area contributed by atoms with Crippen LogP contribution in [0.25, 0.3) is 0 Å². The Kier molecular flexibility index (Phi) is 3.40. The molecular weight excluding hydrogens is 258 g/mol. The monoisotopic (exact) mass is 273 g/mol. The predicted molar refractivity (Wildman–Crippen MR) is 78.4 cm³/mol. The van der Waals surface area contributed by atoms with Gasteiger partial charge in [-0.1, -0.05) is 35.9 Å². The number of fused-ring (bicyclic) bond motifs is 1. The van der Waals surface area contributed by atoms with Gasteiger partial charge >= 0.3 is 0 Å². The molecule has 1 aliphatic heterocycles. The van der Waals surface area contributed by atoms with E-state index in [0.717, 1.165) is 25.1 Å². The smallest absolute Gasteiger partial charge is 0.133 e. The highest BCUT2D eigenvalue weighted by atomic mass is 35.5. The number of halogens is 1. The molecular formula is C15H16ClN3. The van der Waals surface area contributed by atoms with Crippen LogP contribution in [0, 0.1) is 0 Å². The predicted octanol–water partition coefficient (Wildman–Crippen LogP) is 2.63. The summed E-state index contributed by atoms with van der Waals surface area (Å²) in [6.07, 6.45) is 2.65. The van der Waals surface area contributed by atoms with Crippen LogP contribution in [-0.2, 0) is 13.0 Å². The molecule has 2 aromatic rings. The standard InChI is InChI=1S/C15H16ClN3/c16-15-12(5-3-7-18-15)9-19-10-13(17)8-11-4-1-2-6-14(11)19/h1-7,13H,8-10,17H2. The quantitative estimate of drug-likeness (QED) is 0.856. The maximum absolute atomic E-state index is 6.14. The first kappa shape index (κ1) is 12.5. The number of hydrogen-bond acceptors (Lipinski definition) is 3. The fourth-order valence-corrected chi connectivity index (χ4v) is 2.79. The van der Waals surface area contributed by atoms with Gasteiger partial charge in [-0.3, -0.25) is 0 Å². The van der Waals surface area contributed by atoms with E-state index >= 15 is 0 Å². The van der Waals surface area contributed by atoms with Crippen LogP contribution in [0.5, 0.6) is 0 Å². The van der Waals surface area contributed by atoms with Crippen molar-refractivity contribution in [2.24, 2.45) is 5.73 Å². The van der Waals surface area contributed by atoms with Crippen LogP contribution in [0.4, 0.5) is 5.69 Å². The minimum Gasteiger partial charge on any atom is -0.365 e. The van der Waals surface area contributed by atoms with Gasteiger partial charge in [0.25, 0.3) is 0 Å². The summed E-state index contributed by atoms with van der Waals surface area (Å²) < 4.78 is 0. The molecule has 0 amide bonds. The van der Waals surface area contributed by atoms with E-state index in [9.17, 15) is 0 Å². The van der Waals surface area contributed by atoms with Crippen LogP contribution in [0.1, 0.15) is 11.1 Å². The molecule has 19 heavy (non-hydrogen) atoms. The molecule has 3 nitrogen and oxygen atoms in total. The minimum absolute atomic E-state index is 0.172. The summed E-state index contributed by atoms with van der Waals surface area (Å²) in [6, 6.07) is 12.5. The molecule has 4 heteroatoms. The molecule has 1 aromatic carbocycles. The highest BCUT2D eigenvalue weighted by Crippen LogP contribution is 2.28. The lowest BCUT2D eigenvalue weighted by molar-refractivity contribution is 0.598. The van der Waals surface area contributed by atoms with Crippen molar-refractivity contribution in [3.05, 3.63) is 58.9 Å². The SMILES string of the molecule is NC1Cc2ccccc2N(Cc2cccnc2Cl)C1. The Morgan fingerprint density at radius 2 is 2.11 bits per heavy atom. The zero-order valence-electron chi connectivity index (χ0n) is 10.6. The molecule has 3 rings (SSSR count). The Hall–Kier alpha value is -1.58. The average molecular weight is 274 g/mol. The highest BCUT2D eigenvalue weighted by Gasteiger charge is 2.22.